The Morgan fingerprint density at radius 1 is 1.41 bits per heavy atom. The predicted octanol–water partition coefficient (Wildman–Crippen LogP) is 0.301. The highest BCUT2D eigenvalue weighted by Gasteiger charge is 2.18. The normalized spacial score (nSPS) is 11.4. The van der Waals surface area contributed by atoms with Crippen LogP contribution in [-0.2, 0) is 23.5 Å². The lowest BCUT2D eigenvalue weighted by Gasteiger charge is -2.05. The van der Waals surface area contributed by atoms with Crippen LogP contribution in [0.3, 0.4) is 0 Å². The summed E-state index contributed by atoms with van der Waals surface area (Å²) in [5.74, 6) is -0.316. The molecule has 2 rings (SSSR count). The van der Waals surface area contributed by atoms with Crippen LogP contribution >= 0.6 is 0 Å². The third kappa shape index (κ3) is 3.71. The third-order valence-corrected chi connectivity index (χ3v) is 4.59. The monoisotopic (exact) mass is 322 g/mol. The zero-order valence-corrected chi connectivity index (χ0v) is 13.2. The van der Waals surface area contributed by atoms with Gasteiger partial charge in [0, 0.05) is 32.2 Å². The molecule has 118 valence electrons. The molecule has 2 aromatic rings. The van der Waals surface area contributed by atoms with Crippen LogP contribution < -0.4 is 10.0 Å². The predicted molar refractivity (Wildman–Crippen MR) is 81.9 cm³/mol. The van der Waals surface area contributed by atoms with Crippen molar-refractivity contribution in [2.75, 3.05) is 13.6 Å². The maximum atomic E-state index is 12.1. The van der Waals surface area contributed by atoms with Gasteiger partial charge in [-0.2, -0.15) is 0 Å². The van der Waals surface area contributed by atoms with Crippen LogP contribution in [-0.4, -0.2) is 37.5 Å². The van der Waals surface area contributed by atoms with E-state index in [1.165, 1.54) is 23.9 Å². The summed E-state index contributed by atoms with van der Waals surface area (Å²) in [6.45, 7) is 0.448. The number of amides is 1. The summed E-state index contributed by atoms with van der Waals surface area (Å²) in [6.07, 6.45) is 5.50. The van der Waals surface area contributed by atoms with E-state index in [2.05, 4.69) is 15.0 Å². The lowest BCUT2D eigenvalue weighted by Crippen LogP contribution is -2.27. The molecule has 2 heterocycles. The van der Waals surface area contributed by atoms with Gasteiger partial charge in [0.15, 0.2) is 0 Å². The maximum absolute atomic E-state index is 12.1. The number of sulfonamides is 1. The summed E-state index contributed by atoms with van der Waals surface area (Å²) in [6, 6.07) is 5.12. The van der Waals surface area contributed by atoms with Crippen molar-refractivity contribution in [1.82, 2.24) is 19.6 Å². The number of carbonyl (C=O) groups is 1. The van der Waals surface area contributed by atoms with E-state index < -0.39 is 10.0 Å². The van der Waals surface area contributed by atoms with E-state index in [0.717, 1.165) is 5.56 Å². The summed E-state index contributed by atoms with van der Waals surface area (Å²) in [4.78, 5) is 16.2. The summed E-state index contributed by atoms with van der Waals surface area (Å²) >= 11 is 0. The van der Waals surface area contributed by atoms with Crippen molar-refractivity contribution in [3.8, 4) is 0 Å². The molecular weight excluding hydrogens is 304 g/mol. The van der Waals surface area contributed by atoms with Gasteiger partial charge in [0.1, 0.15) is 10.6 Å². The third-order valence-electron chi connectivity index (χ3n) is 3.21. The second-order valence-corrected chi connectivity index (χ2v) is 6.63. The van der Waals surface area contributed by atoms with Crippen molar-refractivity contribution in [2.45, 2.75) is 11.3 Å². The molecule has 1 amide bonds. The number of hydrogen-bond acceptors (Lipinski definition) is 4. The quantitative estimate of drug-likeness (QED) is 0.800. The SMILES string of the molecule is CNS(=O)(=O)c1cc(C(=O)NCCc2cccnc2)n(C)c1. The van der Waals surface area contributed by atoms with Gasteiger partial charge >= 0.3 is 0 Å². The molecule has 0 bridgehead atoms. The first-order chi connectivity index (χ1) is 10.4. The molecule has 0 radical (unpaired) electrons. The molecule has 22 heavy (non-hydrogen) atoms. The Kier molecular flexibility index (Phi) is 4.94. The Morgan fingerprint density at radius 2 is 2.18 bits per heavy atom. The van der Waals surface area contributed by atoms with Crippen LogP contribution in [0.25, 0.3) is 0 Å². The average molecular weight is 322 g/mol. The Bertz CT molecular complexity index is 754. The van der Waals surface area contributed by atoms with Crippen molar-refractivity contribution in [2.24, 2.45) is 7.05 Å². The van der Waals surface area contributed by atoms with Gasteiger partial charge in [-0.1, -0.05) is 6.07 Å². The van der Waals surface area contributed by atoms with E-state index >= 15 is 0 Å². The van der Waals surface area contributed by atoms with E-state index in [1.807, 2.05) is 12.1 Å². The number of nitrogens with one attached hydrogen (secondary N) is 2. The Hall–Kier alpha value is -2.19. The molecule has 0 aliphatic rings. The average Bonchev–Trinajstić information content (AvgIpc) is 2.91. The molecule has 0 aliphatic heterocycles. The van der Waals surface area contributed by atoms with Crippen LogP contribution in [0.15, 0.2) is 41.7 Å². The Morgan fingerprint density at radius 3 is 2.82 bits per heavy atom. The minimum atomic E-state index is -3.56. The van der Waals surface area contributed by atoms with Crippen molar-refractivity contribution in [1.29, 1.82) is 0 Å². The molecule has 7 nitrogen and oxygen atoms in total. The fraction of sp³-hybridized carbons (Fsp3) is 0.286. The topological polar surface area (TPSA) is 93.1 Å². The van der Waals surface area contributed by atoms with Gasteiger partial charge in [-0.05, 0) is 31.2 Å². The summed E-state index contributed by atoms with van der Waals surface area (Å²) in [5, 5.41) is 2.77. The molecule has 2 N–H and O–H groups in total. The minimum absolute atomic E-state index is 0.0647. The van der Waals surface area contributed by atoms with Gasteiger partial charge < -0.3 is 9.88 Å². The van der Waals surface area contributed by atoms with Crippen LogP contribution in [0.2, 0.25) is 0 Å². The standard InChI is InChI=1S/C14H18N4O3S/c1-15-22(20,21)12-8-13(18(2)10-12)14(19)17-7-5-11-4-3-6-16-9-11/h3-4,6,8-10,15H,5,7H2,1-2H3,(H,17,19). The van der Waals surface area contributed by atoms with Crippen molar-refractivity contribution in [3.63, 3.8) is 0 Å². The number of rotatable bonds is 6. The zero-order chi connectivity index (χ0) is 16.2. The van der Waals surface area contributed by atoms with Gasteiger partial charge in [-0.25, -0.2) is 13.1 Å². The lowest BCUT2D eigenvalue weighted by atomic mass is 10.2. The lowest BCUT2D eigenvalue weighted by molar-refractivity contribution is 0.0946. The van der Waals surface area contributed by atoms with E-state index in [-0.39, 0.29) is 10.8 Å². The van der Waals surface area contributed by atoms with Gasteiger partial charge in [-0.3, -0.25) is 9.78 Å². The van der Waals surface area contributed by atoms with Gasteiger partial charge in [0.2, 0.25) is 10.0 Å². The smallest absolute Gasteiger partial charge is 0.267 e. The van der Waals surface area contributed by atoms with Crippen molar-refractivity contribution >= 4 is 15.9 Å². The summed E-state index contributed by atoms with van der Waals surface area (Å²) in [5.41, 5.74) is 1.31. The van der Waals surface area contributed by atoms with Crippen molar-refractivity contribution < 1.29 is 13.2 Å². The van der Waals surface area contributed by atoms with E-state index in [4.69, 9.17) is 0 Å². The molecule has 8 heteroatoms. The van der Waals surface area contributed by atoms with E-state index in [0.29, 0.717) is 18.7 Å². The number of carbonyl (C=O) groups excluding carboxylic acids is 1. The van der Waals surface area contributed by atoms with Gasteiger partial charge in [0.05, 0.1) is 0 Å². The number of aromatic nitrogens is 2. The summed E-state index contributed by atoms with van der Waals surface area (Å²) in [7, 11) is -0.597. The highest BCUT2D eigenvalue weighted by Crippen LogP contribution is 2.13. The fourth-order valence-corrected chi connectivity index (χ4v) is 2.78. The first-order valence-electron chi connectivity index (χ1n) is 6.71. The fourth-order valence-electron chi connectivity index (χ4n) is 1.98. The molecule has 0 aliphatic carbocycles. The first-order valence-corrected chi connectivity index (χ1v) is 8.19. The zero-order valence-electron chi connectivity index (χ0n) is 12.4. The van der Waals surface area contributed by atoms with Crippen LogP contribution in [0.4, 0.5) is 0 Å². The van der Waals surface area contributed by atoms with Crippen LogP contribution in [0.1, 0.15) is 16.1 Å². The molecule has 0 fully saturated rings. The molecule has 0 aromatic carbocycles. The molecular formula is C14H18N4O3S. The molecule has 0 unspecified atom stereocenters. The molecule has 0 saturated heterocycles. The van der Waals surface area contributed by atoms with Crippen molar-refractivity contribution in [3.05, 3.63) is 48.0 Å². The molecule has 0 atom stereocenters. The van der Waals surface area contributed by atoms with Gasteiger partial charge in [-0.15, -0.1) is 0 Å². The highest BCUT2D eigenvalue weighted by atomic mass is 32.2. The summed E-state index contributed by atoms with van der Waals surface area (Å²) < 4.78 is 27.2. The number of nitrogens with zero attached hydrogens (tertiary/aromatic N) is 2. The van der Waals surface area contributed by atoms with E-state index in [9.17, 15) is 13.2 Å². The minimum Gasteiger partial charge on any atom is -0.350 e. The van der Waals surface area contributed by atoms with Crippen LogP contribution in [0, 0.1) is 0 Å². The Labute approximate surface area is 129 Å². The molecule has 2 aromatic heterocycles. The van der Waals surface area contributed by atoms with E-state index in [1.54, 1.807) is 19.4 Å². The molecule has 0 saturated carbocycles. The van der Waals surface area contributed by atoms with Gasteiger partial charge in [0.25, 0.3) is 5.91 Å². The Balaban J connectivity index is 2.01. The maximum Gasteiger partial charge on any atom is 0.267 e. The second kappa shape index (κ2) is 6.71. The molecule has 0 spiro atoms. The number of hydrogen-bond donors (Lipinski definition) is 2. The number of pyridine rings is 1. The largest absolute Gasteiger partial charge is 0.350 e. The second-order valence-electron chi connectivity index (χ2n) is 4.75. The first kappa shape index (κ1) is 16.2. The number of aryl methyl sites for hydroxylation is 1. The van der Waals surface area contributed by atoms with Crippen LogP contribution in [0.5, 0.6) is 0 Å². The highest BCUT2D eigenvalue weighted by molar-refractivity contribution is 7.89.